The van der Waals surface area contributed by atoms with E-state index in [0.29, 0.717) is 36.0 Å². The first kappa shape index (κ1) is 21.0. The molecule has 28 heavy (non-hydrogen) atoms. The molecule has 1 amide bonds. The third kappa shape index (κ3) is 5.22. The maximum absolute atomic E-state index is 14.1. The molecule has 2 aliphatic rings. The molecular weight excluding hydrogens is 357 g/mol. The van der Waals surface area contributed by atoms with Crippen LogP contribution < -0.4 is 5.32 Å². The molecule has 6 heteroatoms. The van der Waals surface area contributed by atoms with Gasteiger partial charge in [0.25, 0.3) is 5.91 Å². The number of nitrogens with one attached hydrogen (secondary N) is 1. The van der Waals surface area contributed by atoms with Gasteiger partial charge in [0, 0.05) is 37.6 Å². The highest BCUT2D eigenvalue weighted by Crippen LogP contribution is 2.34. The summed E-state index contributed by atoms with van der Waals surface area (Å²) < 4.78 is 21.5. The number of carbonyl (C=O) groups excluding carboxylic acids is 1. The lowest BCUT2D eigenvalue weighted by Gasteiger charge is -2.21. The monoisotopic (exact) mass is 391 g/mol. The molecule has 1 N–H and O–H groups in total. The highest BCUT2D eigenvalue weighted by molar-refractivity contribution is 5.94. The van der Waals surface area contributed by atoms with E-state index in [-0.39, 0.29) is 11.7 Å². The van der Waals surface area contributed by atoms with Crippen molar-refractivity contribution in [2.24, 2.45) is 11.8 Å². The van der Waals surface area contributed by atoms with E-state index in [1.807, 2.05) is 18.4 Å². The topological polar surface area (TPSA) is 56.1 Å². The first-order valence-corrected chi connectivity index (χ1v) is 10.8. The Labute approximate surface area is 167 Å². The number of aromatic nitrogens is 2. The molecule has 1 aromatic heterocycles. The molecule has 1 aliphatic heterocycles. The van der Waals surface area contributed by atoms with Gasteiger partial charge in [-0.25, -0.2) is 9.37 Å². The second kappa shape index (κ2) is 9.68. The molecule has 5 nitrogen and oxygen atoms in total. The summed E-state index contributed by atoms with van der Waals surface area (Å²) in [6.07, 6.45) is 7.28. The van der Waals surface area contributed by atoms with Gasteiger partial charge in [0.05, 0.1) is 0 Å². The van der Waals surface area contributed by atoms with Crippen LogP contribution in [-0.4, -0.2) is 35.2 Å². The van der Waals surface area contributed by atoms with Crippen LogP contribution >= 0.6 is 0 Å². The Hall–Kier alpha value is -1.69. The van der Waals surface area contributed by atoms with Crippen molar-refractivity contribution in [3.63, 3.8) is 0 Å². The molecular formula is C22H34FN3O2. The van der Waals surface area contributed by atoms with Crippen LogP contribution in [0.4, 0.5) is 4.39 Å². The third-order valence-corrected chi connectivity index (χ3v) is 6.11. The number of imidazole rings is 1. The molecule has 0 radical (unpaired) electrons. The molecule has 1 aromatic rings. The van der Waals surface area contributed by atoms with Crippen molar-refractivity contribution in [3.05, 3.63) is 23.0 Å². The molecule has 2 fully saturated rings. The molecule has 0 spiro atoms. The molecule has 1 aliphatic carbocycles. The fourth-order valence-corrected chi connectivity index (χ4v) is 4.04. The van der Waals surface area contributed by atoms with E-state index in [1.165, 1.54) is 19.8 Å². The van der Waals surface area contributed by atoms with Gasteiger partial charge in [0.15, 0.2) is 0 Å². The minimum Gasteiger partial charge on any atom is -0.381 e. The predicted molar refractivity (Wildman–Crippen MR) is 109 cm³/mol. The number of allylic oxidation sites excluding steroid dienone is 2. The van der Waals surface area contributed by atoms with Crippen LogP contribution in [0.1, 0.15) is 80.8 Å². The number of amides is 1. The number of ether oxygens (including phenoxy) is 1. The van der Waals surface area contributed by atoms with Crippen LogP contribution in [0.25, 0.3) is 5.57 Å². The first-order chi connectivity index (χ1) is 13.5. The Morgan fingerprint density at radius 2 is 1.89 bits per heavy atom. The first-order valence-electron chi connectivity index (χ1n) is 10.8. The second-order valence-electron chi connectivity index (χ2n) is 8.22. The van der Waals surface area contributed by atoms with Crippen LogP contribution in [0.2, 0.25) is 0 Å². The standard InChI is InChI=1S/C22H34FN3O2/c1-4-19(15(2)23)21-25-20(16(3)26(21)12-8-17-5-6-17)22(27)24-11-7-18-9-13-28-14-10-18/h17-18H,4-14H2,1-3H3,(H,24,27)/b19-15-. The Bertz CT molecular complexity index is 712. The van der Waals surface area contributed by atoms with Crippen LogP contribution in [0, 0.1) is 18.8 Å². The van der Waals surface area contributed by atoms with Crippen molar-refractivity contribution in [3.8, 4) is 0 Å². The zero-order valence-corrected chi connectivity index (χ0v) is 17.5. The number of hydrogen-bond donors (Lipinski definition) is 1. The van der Waals surface area contributed by atoms with Crippen LogP contribution in [0.3, 0.4) is 0 Å². The van der Waals surface area contributed by atoms with E-state index in [2.05, 4.69) is 10.3 Å². The minimum atomic E-state index is -0.216. The number of hydrogen-bond acceptors (Lipinski definition) is 3. The van der Waals surface area contributed by atoms with Crippen molar-refractivity contribution in [1.29, 1.82) is 0 Å². The molecule has 0 bridgehead atoms. The van der Waals surface area contributed by atoms with Gasteiger partial charge in [-0.2, -0.15) is 0 Å². The lowest BCUT2D eigenvalue weighted by molar-refractivity contribution is 0.0636. The van der Waals surface area contributed by atoms with Crippen LogP contribution in [0.5, 0.6) is 0 Å². The van der Waals surface area contributed by atoms with E-state index in [0.717, 1.165) is 57.1 Å². The fraction of sp³-hybridized carbons (Fsp3) is 0.727. The van der Waals surface area contributed by atoms with Gasteiger partial charge in [0.1, 0.15) is 17.3 Å². The number of rotatable bonds is 9. The second-order valence-corrected chi connectivity index (χ2v) is 8.22. The summed E-state index contributed by atoms with van der Waals surface area (Å²) in [5, 5.41) is 3.03. The van der Waals surface area contributed by atoms with Crippen molar-refractivity contribution in [2.75, 3.05) is 19.8 Å². The van der Waals surface area contributed by atoms with Crippen molar-refractivity contribution < 1.29 is 13.9 Å². The van der Waals surface area contributed by atoms with E-state index in [9.17, 15) is 9.18 Å². The van der Waals surface area contributed by atoms with Gasteiger partial charge >= 0.3 is 0 Å². The Kier molecular flexibility index (Phi) is 7.27. The summed E-state index contributed by atoms with van der Waals surface area (Å²) in [6, 6.07) is 0. The maximum atomic E-state index is 14.1. The number of halogens is 1. The molecule has 1 saturated carbocycles. The SMILES string of the molecule is CC/C(=C(\C)F)c1nc(C(=O)NCCC2CCOCC2)c(C)n1CCC1CC1. The highest BCUT2D eigenvalue weighted by Gasteiger charge is 2.25. The normalized spacial score (nSPS) is 18.9. The highest BCUT2D eigenvalue weighted by atomic mass is 19.1. The van der Waals surface area contributed by atoms with E-state index in [4.69, 9.17) is 4.74 Å². The fourth-order valence-electron chi connectivity index (χ4n) is 4.04. The zero-order valence-electron chi connectivity index (χ0n) is 17.5. The summed E-state index contributed by atoms with van der Waals surface area (Å²) in [7, 11) is 0. The van der Waals surface area contributed by atoms with Gasteiger partial charge in [-0.15, -0.1) is 0 Å². The minimum absolute atomic E-state index is 0.150. The molecule has 0 aromatic carbocycles. The quantitative estimate of drug-likeness (QED) is 0.667. The summed E-state index contributed by atoms with van der Waals surface area (Å²) in [6.45, 7) is 8.42. The van der Waals surface area contributed by atoms with E-state index < -0.39 is 0 Å². The Balaban J connectivity index is 1.71. The summed E-state index contributed by atoms with van der Waals surface area (Å²) in [4.78, 5) is 17.4. The summed E-state index contributed by atoms with van der Waals surface area (Å²) in [5.41, 5.74) is 1.87. The van der Waals surface area contributed by atoms with Gasteiger partial charge in [-0.05, 0) is 57.8 Å². The number of carbonyl (C=O) groups is 1. The van der Waals surface area contributed by atoms with Gasteiger partial charge in [0.2, 0.25) is 0 Å². The summed E-state index contributed by atoms with van der Waals surface area (Å²) in [5.74, 6) is 1.64. The smallest absolute Gasteiger partial charge is 0.271 e. The average molecular weight is 392 g/mol. The van der Waals surface area contributed by atoms with E-state index >= 15 is 0 Å². The summed E-state index contributed by atoms with van der Waals surface area (Å²) >= 11 is 0. The lowest BCUT2D eigenvalue weighted by atomic mass is 9.97. The molecule has 156 valence electrons. The molecule has 0 unspecified atom stereocenters. The van der Waals surface area contributed by atoms with Crippen molar-refractivity contribution in [1.82, 2.24) is 14.9 Å². The van der Waals surface area contributed by atoms with Crippen LogP contribution in [0.15, 0.2) is 5.83 Å². The van der Waals surface area contributed by atoms with Crippen LogP contribution in [-0.2, 0) is 11.3 Å². The van der Waals surface area contributed by atoms with Gasteiger partial charge in [-0.1, -0.05) is 19.8 Å². The Morgan fingerprint density at radius 1 is 1.21 bits per heavy atom. The van der Waals surface area contributed by atoms with Crippen molar-refractivity contribution >= 4 is 11.5 Å². The molecule has 3 rings (SSSR count). The zero-order chi connectivity index (χ0) is 20.1. The van der Waals surface area contributed by atoms with E-state index in [1.54, 1.807) is 0 Å². The largest absolute Gasteiger partial charge is 0.381 e. The Morgan fingerprint density at radius 3 is 2.50 bits per heavy atom. The maximum Gasteiger partial charge on any atom is 0.271 e. The van der Waals surface area contributed by atoms with Gasteiger partial charge in [-0.3, -0.25) is 4.79 Å². The van der Waals surface area contributed by atoms with Crippen molar-refractivity contribution in [2.45, 2.75) is 72.3 Å². The lowest BCUT2D eigenvalue weighted by Crippen LogP contribution is -2.28. The predicted octanol–water partition coefficient (Wildman–Crippen LogP) is 4.65. The molecule has 0 atom stereocenters. The average Bonchev–Trinajstić information content (AvgIpc) is 3.45. The van der Waals surface area contributed by atoms with Gasteiger partial charge < -0.3 is 14.6 Å². The number of nitrogens with zero attached hydrogens (tertiary/aromatic N) is 2. The molecule has 1 saturated heterocycles. The molecule has 2 heterocycles. The third-order valence-electron chi connectivity index (χ3n) is 6.11.